The molecule has 0 saturated heterocycles. The highest BCUT2D eigenvalue weighted by atomic mass is 32.2. The molecule has 3 N–H and O–H groups in total. The molecule has 1 heterocycles. The van der Waals surface area contributed by atoms with Crippen LogP contribution in [0.3, 0.4) is 0 Å². The zero-order chi connectivity index (χ0) is 22.0. The van der Waals surface area contributed by atoms with E-state index in [9.17, 15) is 8.42 Å². The molecule has 10 heteroatoms. The first-order chi connectivity index (χ1) is 14.4. The van der Waals surface area contributed by atoms with Crippen LogP contribution in [0.25, 0.3) is 0 Å². The highest BCUT2D eigenvalue weighted by Gasteiger charge is 2.13. The number of benzene rings is 1. The Morgan fingerprint density at radius 3 is 2.73 bits per heavy atom. The Bertz CT molecular complexity index is 925. The lowest BCUT2D eigenvalue weighted by atomic mass is 10.1. The summed E-state index contributed by atoms with van der Waals surface area (Å²) >= 11 is 0. The summed E-state index contributed by atoms with van der Waals surface area (Å²) in [5.41, 5.74) is 1.69. The summed E-state index contributed by atoms with van der Waals surface area (Å²) in [4.78, 5) is 4.74. The number of guanidine groups is 1. The van der Waals surface area contributed by atoms with Gasteiger partial charge in [-0.15, -0.1) is 0 Å². The average molecular weight is 438 g/mol. The summed E-state index contributed by atoms with van der Waals surface area (Å²) in [5.74, 6) is 1.63. The molecule has 0 atom stereocenters. The Balaban J connectivity index is 2.03. The summed E-state index contributed by atoms with van der Waals surface area (Å²) in [6.07, 6.45) is 0. The highest BCUT2D eigenvalue weighted by Crippen LogP contribution is 2.14. The van der Waals surface area contributed by atoms with Crippen LogP contribution in [0.1, 0.15) is 43.7 Å². The van der Waals surface area contributed by atoms with Gasteiger partial charge < -0.3 is 19.9 Å². The van der Waals surface area contributed by atoms with E-state index in [0.717, 1.165) is 17.0 Å². The van der Waals surface area contributed by atoms with Crippen LogP contribution in [-0.4, -0.2) is 46.3 Å². The molecule has 9 nitrogen and oxygen atoms in total. The molecule has 166 valence electrons. The van der Waals surface area contributed by atoms with Crippen molar-refractivity contribution in [1.82, 2.24) is 20.5 Å². The van der Waals surface area contributed by atoms with Gasteiger partial charge in [-0.2, -0.15) is 0 Å². The van der Waals surface area contributed by atoms with Crippen LogP contribution in [0.4, 0.5) is 0 Å². The molecule has 1 aromatic heterocycles. The fourth-order valence-electron chi connectivity index (χ4n) is 2.54. The van der Waals surface area contributed by atoms with E-state index in [1.807, 2.05) is 19.1 Å². The zero-order valence-corrected chi connectivity index (χ0v) is 18.8. The fourth-order valence-corrected chi connectivity index (χ4v) is 3.62. The molecule has 0 aliphatic carbocycles. The Kier molecular flexibility index (Phi) is 9.28. The molecule has 0 bridgehead atoms. The second-order valence-corrected chi connectivity index (χ2v) is 8.73. The number of aromatic nitrogens is 1. The van der Waals surface area contributed by atoms with E-state index >= 15 is 0 Å². The van der Waals surface area contributed by atoms with E-state index in [2.05, 4.69) is 39.4 Å². The normalized spacial score (nSPS) is 12.4. The smallest absolute Gasteiger partial charge is 0.240 e. The van der Waals surface area contributed by atoms with Gasteiger partial charge in [0.15, 0.2) is 11.7 Å². The Morgan fingerprint density at radius 1 is 1.27 bits per heavy atom. The summed E-state index contributed by atoms with van der Waals surface area (Å²) in [6, 6.07) is 8.65. The highest BCUT2D eigenvalue weighted by molar-refractivity contribution is 7.89. The minimum Gasteiger partial charge on any atom is -0.383 e. The SMILES string of the molecule is CCNC(=NCc1cccc(S(=O)(=O)NCCOC)c1)NCc1cc(C(C)C)no1. The number of hydrogen-bond donors (Lipinski definition) is 3. The number of rotatable bonds is 11. The monoisotopic (exact) mass is 437 g/mol. The van der Waals surface area contributed by atoms with Gasteiger partial charge in [-0.3, -0.25) is 0 Å². The van der Waals surface area contributed by atoms with E-state index in [-0.39, 0.29) is 11.4 Å². The van der Waals surface area contributed by atoms with Gasteiger partial charge in [-0.05, 0) is 30.5 Å². The molecule has 0 amide bonds. The first kappa shape index (κ1) is 23.8. The van der Waals surface area contributed by atoms with Crippen LogP contribution in [0, 0.1) is 0 Å². The predicted octanol–water partition coefficient (Wildman–Crippen LogP) is 1.98. The van der Waals surface area contributed by atoms with E-state index < -0.39 is 10.0 Å². The molecule has 0 saturated carbocycles. The second kappa shape index (κ2) is 11.7. The number of aliphatic imine (C=N–C) groups is 1. The molecule has 2 aromatic rings. The minimum atomic E-state index is -3.58. The second-order valence-electron chi connectivity index (χ2n) is 6.96. The number of methoxy groups -OCH3 is 1. The molecule has 0 aliphatic heterocycles. The summed E-state index contributed by atoms with van der Waals surface area (Å²) in [6.45, 7) is 8.08. The van der Waals surface area contributed by atoms with Gasteiger partial charge in [-0.25, -0.2) is 18.1 Å². The lowest BCUT2D eigenvalue weighted by molar-refractivity contribution is 0.204. The maximum atomic E-state index is 12.4. The van der Waals surface area contributed by atoms with Crippen molar-refractivity contribution in [3.8, 4) is 0 Å². The van der Waals surface area contributed by atoms with Gasteiger partial charge in [0.2, 0.25) is 10.0 Å². The van der Waals surface area contributed by atoms with Gasteiger partial charge >= 0.3 is 0 Å². The third-order valence-electron chi connectivity index (χ3n) is 4.17. The van der Waals surface area contributed by atoms with Crippen molar-refractivity contribution >= 4 is 16.0 Å². The summed E-state index contributed by atoms with van der Waals surface area (Å²) in [5, 5.41) is 10.4. The summed E-state index contributed by atoms with van der Waals surface area (Å²) in [7, 11) is -2.06. The standard InChI is InChI=1S/C20H31N5O4S/c1-5-21-20(23-14-17-12-19(15(2)3)25-29-17)22-13-16-7-6-8-18(11-16)30(26,27)24-9-10-28-4/h6-8,11-12,15,24H,5,9-10,13-14H2,1-4H3,(H2,21,22,23). The first-order valence-corrected chi connectivity index (χ1v) is 11.4. The van der Waals surface area contributed by atoms with Crippen molar-refractivity contribution in [3.63, 3.8) is 0 Å². The molecular formula is C20H31N5O4S. The lowest BCUT2D eigenvalue weighted by Gasteiger charge is -2.10. The van der Waals surface area contributed by atoms with E-state index in [4.69, 9.17) is 9.26 Å². The van der Waals surface area contributed by atoms with Crippen molar-refractivity contribution in [2.75, 3.05) is 26.8 Å². The van der Waals surface area contributed by atoms with Crippen LogP contribution in [0.5, 0.6) is 0 Å². The van der Waals surface area contributed by atoms with Crippen LogP contribution in [-0.2, 0) is 27.8 Å². The van der Waals surface area contributed by atoms with Gasteiger partial charge in [0.05, 0.1) is 30.3 Å². The van der Waals surface area contributed by atoms with Crippen molar-refractivity contribution < 1.29 is 17.7 Å². The van der Waals surface area contributed by atoms with Crippen LogP contribution >= 0.6 is 0 Å². The number of hydrogen-bond acceptors (Lipinski definition) is 6. The van der Waals surface area contributed by atoms with Crippen molar-refractivity contribution in [2.45, 2.75) is 44.7 Å². The Labute approximate surface area is 178 Å². The van der Waals surface area contributed by atoms with E-state index in [1.54, 1.807) is 18.2 Å². The Morgan fingerprint density at radius 2 is 2.07 bits per heavy atom. The molecule has 0 unspecified atom stereocenters. The van der Waals surface area contributed by atoms with Crippen LogP contribution < -0.4 is 15.4 Å². The zero-order valence-electron chi connectivity index (χ0n) is 17.9. The largest absolute Gasteiger partial charge is 0.383 e. The lowest BCUT2D eigenvalue weighted by Crippen LogP contribution is -2.36. The number of nitrogens with zero attached hydrogens (tertiary/aromatic N) is 2. The van der Waals surface area contributed by atoms with Crippen LogP contribution in [0.15, 0.2) is 44.7 Å². The fraction of sp³-hybridized carbons (Fsp3) is 0.500. The minimum absolute atomic E-state index is 0.201. The predicted molar refractivity (Wildman–Crippen MR) is 116 cm³/mol. The molecule has 2 rings (SSSR count). The van der Waals surface area contributed by atoms with Crippen molar-refractivity contribution in [2.24, 2.45) is 4.99 Å². The molecule has 0 fully saturated rings. The quantitative estimate of drug-likeness (QED) is 0.279. The maximum absolute atomic E-state index is 12.4. The molecule has 0 aliphatic rings. The van der Waals surface area contributed by atoms with E-state index in [1.165, 1.54) is 7.11 Å². The molecule has 0 radical (unpaired) electrons. The third kappa shape index (κ3) is 7.43. The topological polar surface area (TPSA) is 118 Å². The molecular weight excluding hydrogens is 406 g/mol. The van der Waals surface area contributed by atoms with Gasteiger partial charge in [-0.1, -0.05) is 31.1 Å². The van der Waals surface area contributed by atoms with Gasteiger partial charge in [0.25, 0.3) is 0 Å². The first-order valence-electron chi connectivity index (χ1n) is 9.91. The van der Waals surface area contributed by atoms with Crippen molar-refractivity contribution in [1.29, 1.82) is 0 Å². The number of nitrogens with one attached hydrogen (secondary N) is 3. The molecule has 0 spiro atoms. The molecule has 1 aromatic carbocycles. The maximum Gasteiger partial charge on any atom is 0.240 e. The van der Waals surface area contributed by atoms with Crippen LogP contribution in [0.2, 0.25) is 0 Å². The van der Waals surface area contributed by atoms with E-state index in [0.29, 0.717) is 38.1 Å². The van der Waals surface area contributed by atoms with Crippen molar-refractivity contribution in [3.05, 3.63) is 47.3 Å². The van der Waals surface area contributed by atoms with Gasteiger partial charge in [0.1, 0.15) is 0 Å². The molecule has 30 heavy (non-hydrogen) atoms. The average Bonchev–Trinajstić information content (AvgIpc) is 3.20. The van der Waals surface area contributed by atoms with Gasteiger partial charge in [0, 0.05) is 26.3 Å². The number of ether oxygens (including phenoxy) is 1. The number of sulfonamides is 1. The summed E-state index contributed by atoms with van der Waals surface area (Å²) < 4.78 is 37.5. The third-order valence-corrected chi connectivity index (χ3v) is 5.63. The Hall–Kier alpha value is -2.43.